The second kappa shape index (κ2) is 8.23. The third kappa shape index (κ3) is 5.77. The monoisotopic (exact) mass is 320 g/mol. The number of ether oxygens (including phenoxy) is 1. The molecule has 0 aliphatic heterocycles. The summed E-state index contributed by atoms with van der Waals surface area (Å²) in [5.74, 6) is 0. The Labute approximate surface area is 141 Å². The number of nitrogens with one attached hydrogen (secondary N) is 1. The number of amides is 1. The zero-order chi connectivity index (χ0) is 17.6. The fraction of sp³-hybridized carbons (Fsp3) is 0.632. The van der Waals surface area contributed by atoms with Gasteiger partial charge in [0.25, 0.3) is 0 Å². The highest BCUT2D eigenvalue weighted by molar-refractivity contribution is 5.69. The van der Waals surface area contributed by atoms with Crippen LogP contribution in [0.4, 0.5) is 10.5 Å². The van der Waals surface area contributed by atoms with E-state index in [1.54, 1.807) is 0 Å². The Hall–Kier alpha value is -1.71. The summed E-state index contributed by atoms with van der Waals surface area (Å²) in [6.45, 7) is 12.7. The number of benzene rings is 1. The molecule has 23 heavy (non-hydrogen) atoms. The minimum atomic E-state index is -0.481. The van der Waals surface area contributed by atoms with Crippen LogP contribution in [0.2, 0.25) is 0 Å². The molecule has 1 N–H and O–H groups in total. The van der Waals surface area contributed by atoms with Gasteiger partial charge in [0, 0.05) is 19.3 Å². The number of hydrogen-bond acceptors (Lipinski definition) is 3. The zero-order valence-corrected chi connectivity index (χ0v) is 15.7. The lowest BCUT2D eigenvalue weighted by atomic mass is 10.0. The van der Waals surface area contributed by atoms with Gasteiger partial charge in [-0.15, -0.1) is 0 Å². The SMILES string of the molecule is CCCCN(C(=O)OC(C)(C)C)[C@H](C)c1ccc(C)c(NC)c1. The van der Waals surface area contributed by atoms with E-state index in [9.17, 15) is 4.79 Å². The lowest BCUT2D eigenvalue weighted by Crippen LogP contribution is -2.39. The summed E-state index contributed by atoms with van der Waals surface area (Å²) in [4.78, 5) is 14.4. The minimum absolute atomic E-state index is 0.0240. The molecule has 0 fully saturated rings. The lowest BCUT2D eigenvalue weighted by Gasteiger charge is -2.32. The van der Waals surface area contributed by atoms with E-state index in [2.05, 4.69) is 44.3 Å². The first-order valence-corrected chi connectivity index (χ1v) is 8.47. The van der Waals surface area contributed by atoms with E-state index in [0.29, 0.717) is 6.54 Å². The number of hydrogen-bond donors (Lipinski definition) is 1. The molecule has 4 nitrogen and oxygen atoms in total. The zero-order valence-electron chi connectivity index (χ0n) is 15.7. The van der Waals surface area contributed by atoms with Gasteiger partial charge in [-0.1, -0.05) is 25.5 Å². The number of rotatable bonds is 6. The van der Waals surface area contributed by atoms with Gasteiger partial charge in [-0.3, -0.25) is 0 Å². The summed E-state index contributed by atoms with van der Waals surface area (Å²) < 4.78 is 5.59. The van der Waals surface area contributed by atoms with Crippen molar-refractivity contribution in [1.29, 1.82) is 0 Å². The van der Waals surface area contributed by atoms with Crippen LogP contribution in [0.5, 0.6) is 0 Å². The fourth-order valence-corrected chi connectivity index (χ4v) is 2.44. The van der Waals surface area contributed by atoms with Crippen molar-refractivity contribution < 1.29 is 9.53 Å². The van der Waals surface area contributed by atoms with Gasteiger partial charge in [0.2, 0.25) is 0 Å². The van der Waals surface area contributed by atoms with Crippen molar-refractivity contribution in [1.82, 2.24) is 4.90 Å². The predicted octanol–water partition coefficient (Wildman–Crippen LogP) is 5.13. The van der Waals surface area contributed by atoms with Crippen molar-refractivity contribution in [3.63, 3.8) is 0 Å². The van der Waals surface area contributed by atoms with Crippen LogP contribution in [0, 0.1) is 6.92 Å². The number of aryl methyl sites for hydroxylation is 1. The molecule has 1 amide bonds. The summed E-state index contributed by atoms with van der Waals surface area (Å²) in [5.41, 5.74) is 2.92. The Balaban J connectivity index is 3.03. The van der Waals surface area contributed by atoms with Crippen molar-refractivity contribution in [3.8, 4) is 0 Å². The molecule has 0 saturated carbocycles. The lowest BCUT2D eigenvalue weighted by molar-refractivity contribution is 0.0170. The van der Waals surface area contributed by atoms with E-state index in [0.717, 1.165) is 24.1 Å². The first kappa shape index (κ1) is 19.3. The van der Waals surface area contributed by atoms with Gasteiger partial charge in [-0.25, -0.2) is 4.79 Å². The number of nitrogens with zero attached hydrogens (tertiary/aromatic N) is 1. The Morgan fingerprint density at radius 3 is 2.52 bits per heavy atom. The van der Waals surface area contributed by atoms with Gasteiger partial charge in [0.15, 0.2) is 0 Å². The molecule has 0 aliphatic carbocycles. The van der Waals surface area contributed by atoms with E-state index in [1.165, 1.54) is 5.56 Å². The molecule has 0 bridgehead atoms. The normalized spacial score (nSPS) is 12.7. The number of carbonyl (C=O) groups is 1. The van der Waals surface area contributed by atoms with Crippen molar-refractivity contribution >= 4 is 11.8 Å². The highest BCUT2D eigenvalue weighted by Crippen LogP contribution is 2.27. The van der Waals surface area contributed by atoms with Gasteiger partial charge < -0.3 is 15.0 Å². The molecule has 1 aromatic carbocycles. The summed E-state index contributed by atoms with van der Waals surface area (Å²) in [6, 6.07) is 6.27. The molecular formula is C19H32N2O2. The Morgan fingerprint density at radius 2 is 2.00 bits per heavy atom. The molecule has 1 rings (SSSR count). The van der Waals surface area contributed by atoms with Gasteiger partial charge in [0.05, 0.1) is 6.04 Å². The Kier molecular flexibility index (Phi) is 6.92. The molecule has 0 heterocycles. The maximum absolute atomic E-state index is 12.6. The Morgan fingerprint density at radius 1 is 1.35 bits per heavy atom. The average molecular weight is 320 g/mol. The molecule has 0 aliphatic rings. The van der Waals surface area contributed by atoms with Crippen LogP contribution in [-0.4, -0.2) is 30.2 Å². The number of carbonyl (C=O) groups excluding carboxylic acids is 1. The maximum Gasteiger partial charge on any atom is 0.410 e. The van der Waals surface area contributed by atoms with Crippen LogP contribution in [-0.2, 0) is 4.74 Å². The molecule has 0 unspecified atom stereocenters. The number of unbranched alkanes of at least 4 members (excludes halogenated alkanes) is 1. The van der Waals surface area contributed by atoms with Crippen LogP contribution in [0.15, 0.2) is 18.2 Å². The first-order valence-electron chi connectivity index (χ1n) is 8.47. The molecule has 4 heteroatoms. The average Bonchev–Trinajstić information content (AvgIpc) is 2.46. The highest BCUT2D eigenvalue weighted by Gasteiger charge is 2.26. The molecule has 0 saturated heterocycles. The molecule has 1 atom stereocenters. The fourth-order valence-electron chi connectivity index (χ4n) is 2.44. The van der Waals surface area contributed by atoms with Crippen molar-refractivity contribution in [2.24, 2.45) is 0 Å². The van der Waals surface area contributed by atoms with E-state index >= 15 is 0 Å². The number of anilines is 1. The molecular weight excluding hydrogens is 288 g/mol. The Bertz CT molecular complexity index is 521. The third-order valence-electron chi connectivity index (χ3n) is 3.86. The summed E-state index contributed by atoms with van der Waals surface area (Å²) in [5, 5.41) is 3.21. The second-order valence-corrected chi connectivity index (χ2v) is 7.03. The quantitative estimate of drug-likeness (QED) is 0.789. The topological polar surface area (TPSA) is 41.6 Å². The van der Waals surface area contributed by atoms with Gasteiger partial charge in [-0.05, 0) is 58.2 Å². The van der Waals surface area contributed by atoms with Crippen LogP contribution in [0.3, 0.4) is 0 Å². The van der Waals surface area contributed by atoms with Crippen molar-refractivity contribution in [2.45, 2.75) is 66.0 Å². The van der Waals surface area contributed by atoms with Crippen molar-refractivity contribution in [2.75, 3.05) is 18.9 Å². The summed E-state index contributed by atoms with van der Waals surface area (Å²) >= 11 is 0. The second-order valence-electron chi connectivity index (χ2n) is 7.03. The van der Waals surface area contributed by atoms with Crippen LogP contribution >= 0.6 is 0 Å². The predicted molar refractivity (Wildman–Crippen MR) is 97.0 cm³/mol. The maximum atomic E-state index is 12.6. The molecule has 0 spiro atoms. The van der Waals surface area contributed by atoms with E-state index in [4.69, 9.17) is 4.74 Å². The molecule has 0 aromatic heterocycles. The van der Waals surface area contributed by atoms with Gasteiger partial charge >= 0.3 is 6.09 Å². The minimum Gasteiger partial charge on any atom is -0.444 e. The van der Waals surface area contributed by atoms with Crippen LogP contribution in [0.25, 0.3) is 0 Å². The van der Waals surface area contributed by atoms with E-state index in [1.807, 2.05) is 32.7 Å². The van der Waals surface area contributed by atoms with E-state index in [-0.39, 0.29) is 12.1 Å². The van der Waals surface area contributed by atoms with Crippen molar-refractivity contribution in [3.05, 3.63) is 29.3 Å². The van der Waals surface area contributed by atoms with Crippen LogP contribution in [0.1, 0.15) is 64.6 Å². The molecule has 0 radical (unpaired) electrons. The third-order valence-corrected chi connectivity index (χ3v) is 3.86. The highest BCUT2D eigenvalue weighted by atomic mass is 16.6. The molecule has 130 valence electrons. The van der Waals surface area contributed by atoms with Gasteiger partial charge in [-0.2, -0.15) is 0 Å². The summed E-state index contributed by atoms with van der Waals surface area (Å²) in [7, 11) is 1.92. The molecule has 1 aromatic rings. The summed E-state index contributed by atoms with van der Waals surface area (Å²) in [6.07, 6.45) is 1.76. The standard InChI is InChI=1S/C19H32N2O2/c1-8-9-12-21(18(22)23-19(4,5)6)15(3)16-11-10-14(2)17(13-16)20-7/h10-11,13,15,20H,8-9,12H2,1-7H3/t15-/m1/s1. The van der Waals surface area contributed by atoms with Gasteiger partial charge in [0.1, 0.15) is 5.60 Å². The van der Waals surface area contributed by atoms with Crippen LogP contribution < -0.4 is 5.32 Å². The van der Waals surface area contributed by atoms with E-state index < -0.39 is 5.60 Å². The largest absolute Gasteiger partial charge is 0.444 e. The smallest absolute Gasteiger partial charge is 0.410 e. The first-order chi connectivity index (χ1) is 10.7.